The quantitative estimate of drug-likeness (QED) is 0.338. The number of ketones is 1. The number of hydrogen-bond donors (Lipinski definition) is 0. The zero-order valence-electron chi connectivity index (χ0n) is 16.7. The van der Waals surface area contributed by atoms with Gasteiger partial charge in [0.1, 0.15) is 11.6 Å². The maximum atomic E-state index is 14.0. The second-order valence-electron chi connectivity index (χ2n) is 7.77. The number of aromatic nitrogens is 1. The van der Waals surface area contributed by atoms with E-state index in [0.717, 1.165) is 52.5 Å². The van der Waals surface area contributed by atoms with Crippen molar-refractivity contribution in [2.75, 3.05) is 0 Å². The van der Waals surface area contributed by atoms with Crippen LogP contribution in [0, 0.1) is 11.6 Å². The minimum Gasteiger partial charge on any atom is -0.293 e. The third-order valence-electron chi connectivity index (χ3n) is 5.69. The largest absolute Gasteiger partial charge is 0.293 e. The molecule has 31 heavy (non-hydrogen) atoms. The summed E-state index contributed by atoms with van der Waals surface area (Å²) in [7, 11) is 0. The van der Waals surface area contributed by atoms with Crippen LogP contribution in [0.1, 0.15) is 32.8 Å². The minimum absolute atomic E-state index is 0.0753. The van der Waals surface area contributed by atoms with Gasteiger partial charge in [-0.15, -0.1) is 11.3 Å². The maximum Gasteiger partial charge on any atom is 0.177 e. The molecule has 4 aromatic rings. The van der Waals surface area contributed by atoms with Crippen molar-refractivity contribution in [3.8, 4) is 21.6 Å². The van der Waals surface area contributed by atoms with Gasteiger partial charge in [-0.25, -0.2) is 8.78 Å². The summed E-state index contributed by atoms with van der Waals surface area (Å²) in [5.41, 5.74) is 5.96. The summed E-state index contributed by atoms with van der Waals surface area (Å²) in [6.07, 6.45) is 6.44. The molecule has 0 unspecified atom stereocenters. The summed E-state index contributed by atoms with van der Waals surface area (Å²) in [4.78, 5) is 18.8. The van der Waals surface area contributed by atoms with Gasteiger partial charge < -0.3 is 0 Å². The predicted octanol–water partition coefficient (Wildman–Crippen LogP) is 6.67. The number of rotatable bonds is 4. The van der Waals surface area contributed by atoms with Crippen molar-refractivity contribution < 1.29 is 13.6 Å². The molecule has 0 atom stereocenters. The van der Waals surface area contributed by atoms with Crippen LogP contribution in [0.5, 0.6) is 0 Å². The molecule has 2 aromatic heterocycles. The van der Waals surface area contributed by atoms with Crippen LogP contribution in [0.2, 0.25) is 0 Å². The molecule has 1 aliphatic rings. The Hall–Kier alpha value is -3.18. The van der Waals surface area contributed by atoms with Crippen LogP contribution in [0.25, 0.3) is 21.6 Å². The first-order valence-electron chi connectivity index (χ1n) is 10.2. The summed E-state index contributed by atoms with van der Waals surface area (Å²) in [5.74, 6) is -1.47. The van der Waals surface area contributed by atoms with E-state index < -0.39 is 11.6 Å². The van der Waals surface area contributed by atoms with Crippen molar-refractivity contribution in [3.05, 3.63) is 100 Å². The van der Waals surface area contributed by atoms with Crippen molar-refractivity contribution in [3.63, 3.8) is 0 Å². The Morgan fingerprint density at radius 3 is 2.65 bits per heavy atom. The van der Waals surface area contributed by atoms with E-state index in [4.69, 9.17) is 0 Å². The molecule has 2 nitrogen and oxygen atoms in total. The fourth-order valence-electron chi connectivity index (χ4n) is 4.09. The number of benzene rings is 2. The Balaban J connectivity index is 1.51. The molecule has 0 radical (unpaired) electrons. The van der Waals surface area contributed by atoms with Gasteiger partial charge in [0.05, 0.1) is 4.88 Å². The number of aryl methyl sites for hydroxylation is 2. The monoisotopic (exact) mass is 431 g/mol. The minimum atomic E-state index is -0.682. The average molecular weight is 432 g/mol. The molecule has 5 heteroatoms. The van der Waals surface area contributed by atoms with Gasteiger partial charge in [0.2, 0.25) is 0 Å². The third-order valence-corrected chi connectivity index (χ3v) is 6.94. The summed E-state index contributed by atoms with van der Waals surface area (Å²) in [5, 5.41) is 0. The molecule has 0 saturated carbocycles. The van der Waals surface area contributed by atoms with Crippen molar-refractivity contribution in [2.45, 2.75) is 25.7 Å². The molecule has 0 saturated heterocycles. The van der Waals surface area contributed by atoms with Gasteiger partial charge in [-0.05, 0) is 71.3 Å². The molecule has 0 amide bonds. The molecule has 2 aromatic carbocycles. The molecule has 0 bridgehead atoms. The molecule has 0 aliphatic heterocycles. The van der Waals surface area contributed by atoms with E-state index in [0.29, 0.717) is 4.88 Å². The third kappa shape index (κ3) is 3.93. The fraction of sp³-hybridized carbons (Fsp3) is 0.154. The normalized spacial score (nSPS) is 12.7. The summed E-state index contributed by atoms with van der Waals surface area (Å²) >= 11 is 1.47. The number of Topliss-reactive ketones (excluding diaryl/α,β-unsaturated/α-hetero) is 1. The van der Waals surface area contributed by atoms with E-state index in [1.54, 1.807) is 6.20 Å². The molecular formula is C26H19F2NOS. The SMILES string of the molecule is O=C(Cc1ccc(F)cc1F)c1cc2c(s1)-c1cc(-c3cccnc3)ccc1CCC2. The lowest BCUT2D eigenvalue weighted by Gasteiger charge is -2.09. The van der Waals surface area contributed by atoms with Crippen LogP contribution in [-0.4, -0.2) is 10.8 Å². The molecule has 0 fully saturated rings. The van der Waals surface area contributed by atoms with Crippen LogP contribution in [0.15, 0.2) is 67.0 Å². The Labute approximate surface area is 183 Å². The number of thiophene rings is 1. The lowest BCUT2D eigenvalue weighted by molar-refractivity contribution is 0.0995. The number of carbonyl (C=O) groups is 1. The summed E-state index contributed by atoms with van der Waals surface area (Å²) in [6.45, 7) is 0. The number of carbonyl (C=O) groups excluding carboxylic acids is 1. The van der Waals surface area contributed by atoms with E-state index in [1.807, 2.05) is 24.4 Å². The maximum absolute atomic E-state index is 14.0. The topological polar surface area (TPSA) is 30.0 Å². The lowest BCUT2D eigenvalue weighted by atomic mass is 9.98. The van der Waals surface area contributed by atoms with E-state index in [1.165, 1.54) is 29.0 Å². The van der Waals surface area contributed by atoms with Gasteiger partial charge in [0.25, 0.3) is 0 Å². The highest BCUT2D eigenvalue weighted by molar-refractivity contribution is 7.17. The smallest absolute Gasteiger partial charge is 0.177 e. The van der Waals surface area contributed by atoms with Gasteiger partial charge >= 0.3 is 0 Å². The van der Waals surface area contributed by atoms with Crippen LogP contribution in [0.3, 0.4) is 0 Å². The van der Waals surface area contributed by atoms with Crippen molar-refractivity contribution in [1.29, 1.82) is 0 Å². The van der Waals surface area contributed by atoms with Gasteiger partial charge in [-0.1, -0.05) is 24.3 Å². The Bertz CT molecular complexity index is 1280. The molecule has 0 N–H and O–H groups in total. The van der Waals surface area contributed by atoms with E-state index in [-0.39, 0.29) is 17.8 Å². The van der Waals surface area contributed by atoms with Gasteiger partial charge in [0, 0.05) is 35.3 Å². The van der Waals surface area contributed by atoms with Crippen molar-refractivity contribution in [2.24, 2.45) is 0 Å². The molecule has 154 valence electrons. The number of hydrogen-bond acceptors (Lipinski definition) is 3. The van der Waals surface area contributed by atoms with E-state index >= 15 is 0 Å². The van der Waals surface area contributed by atoms with E-state index in [9.17, 15) is 13.6 Å². The summed E-state index contributed by atoms with van der Waals surface area (Å²) < 4.78 is 27.2. The second-order valence-corrected chi connectivity index (χ2v) is 8.82. The highest BCUT2D eigenvalue weighted by Gasteiger charge is 2.22. The van der Waals surface area contributed by atoms with Crippen molar-refractivity contribution in [1.82, 2.24) is 4.98 Å². The first kappa shape index (κ1) is 19.8. The molecule has 2 heterocycles. The van der Waals surface area contributed by atoms with Crippen molar-refractivity contribution >= 4 is 17.1 Å². The van der Waals surface area contributed by atoms with Gasteiger partial charge in [-0.2, -0.15) is 0 Å². The van der Waals surface area contributed by atoms with Gasteiger partial charge in [0.15, 0.2) is 5.78 Å². The molecule has 0 spiro atoms. The lowest BCUT2D eigenvalue weighted by Crippen LogP contribution is -2.03. The molecule has 1 aliphatic carbocycles. The number of pyridine rings is 1. The zero-order valence-corrected chi connectivity index (χ0v) is 17.5. The average Bonchev–Trinajstić information content (AvgIpc) is 3.13. The van der Waals surface area contributed by atoms with Crippen LogP contribution < -0.4 is 0 Å². The number of nitrogens with zero attached hydrogens (tertiary/aromatic N) is 1. The molecular weight excluding hydrogens is 412 g/mol. The zero-order chi connectivity index (χ0) is 21.4. The first-order valence-corrected chi connectivity index (χ1v) is 11.0. The highest BCUT2D eigenvalue weighted by Crippen LogP contribution is 2.40. The van der Waals surface area contributed by atoms with Crippen LogP contribution >= 0.6 is 11.3 Å². The number of halogens is 2. The van der Waals surface area contributed by atoms with Gasteiger partial charge in [-0.3, -0.25) is 9.78 Å². The number of fused-ring (bicyclic) bond motifs is 3. The molecule has 5 rings (SSSR count). The van der Waals surface area contributed by atoms with Crippen LogP contribution in [-0.2, 0) is 19.3 Å². The highest BCUT2D eigenvalue weighted by atomic mass is 32.1. The van der Waals surface area contributed by atoms with E-state index in [2.05, 4.69) is 23.2 Å². The Morgan fingerprint density at radius 2 is 1.84 bits per heavy atom. The Kier molecular flexibility index (Phi) is 5.20. The Morgan fingerprint density at radius 1 is 0.968 bits per heavy atom. The predicted molar refractivity (Wildman–Crippen MR) is 119 cm³/mol. The first-order chi connectivity index (χ1) is 15.1. The second kappa shape index (κ2) is 8.16. The van der Waals surface area contributed by atoms with Crippen LogP contribution in [0.4, 0.5) is 8.78 Å². The summed E-state index contributed by atoms with van der Waals surface area (Å²) in [6, 6.07) is 15.7. The standard InChI is InChI=1S/C26H19F2NOS/c27-21-9-8-18(23(28)14-21)12-24(30)25-13-19-4-1-3-16-6-7-17(11-22(16)26(19)31-25)20-5-2-10-29-15-20/h2,5-11,13-15H,1,3-4,12H2. The fourth-order valence-corrected chi connectivity index (χ4v) is 5.29.